The molecule has 1 heterocycles. The van der Waals surface area contributed by atoms with Gasteiger partial charge >= 0.3 is 4.87 Å². The summed E-state index contributed by atoms with van der Waals surface area (Å²) in [4.78, 5) is 13.3. The highest BCUT2D eigenvalue weighted by Crippen LogP contribution is 2.21. The Labute approximate surface area is 106 Å². The molecule has 0 aliphatic carbocycles. The van der Waals surface area contributed by atoms with Gasteiger partial charge in [-0.05, 0) is 13.3 Å². The predicted molar refractivity (Wildman–Crippen MR) is 69.0 cm³/mol. The van der Waals surface area contributed by atoms with Gasteiger partial charge in [-0.1, -0.05) is 31.6 Å². The molecule has 98 valence electrons. The minimum atomic E-state index is -3.51. The van der Waals surface area contributed by atoms with Gasteiger partial charge in [-0.2, -0.15) is 4.31 Å². The summed E-state index contributed by atoms with van der Waals surface area (Å²) in [6.07, 6.45) is 1.76. The predicted octanol–water partition coefficient (Wildman–Crippen LogP) is 1.56. The van der Waals surface area contributed by atoms with Crippen molar-refractivity contribution in [2.45, 2.75) is 37.8 Å². The third-order valence-corrected chi connectivity index (χ3v) is 6.03. The van der Waals surface area contributed by atoms with Gasteiger partial charge in [0.2, 0.25) is 0 Å². The average molecular weight is 278 g/mol. The van der Waals surface area contributed by atoms with Crippen LogP contribution in [0.3, 0.4) is 0 Å². The van der Waals surface area contributed by atoms with Gasteiger partial charge in [0.1, 0.15) is 0 Å². The van der Waals surface area contributed by atoms with Crippen LogP contribution in [-0.2, 0) is 10.0 Å². The lowest BCUT2D eigenvalue weighted by molar-refractivity contribution is 0.420. The number of nitrogens with zero attached hydrogens (tertiary/aromatic N) is 1. The number of aryl methyl sites for hydroxylation is 1. The number of nitrogens with one attached hydrogen (secondary N) is 1. The highest BCUT2D eigenvalue weighted by molar-refractivity contribution is 7.91. The van der Waals surface area contributed by atoms with Gasteiger partial charge in [-0.15, -0.1) is 0 Å². The number of thiazole rings is 1. The summed E-state index contributed by atoms with van der Waals surface area (Å²) in [6.45, 7) is 6.35. The van der Waals surface area contributed by atoms with Crippen molar-refractivity contribution in [3.8, 4) is 0 Å². The molecule has 7 heteroatoms. The molecule has 0 bridgehead atoms. The molecule has 0 atom stereocenters. The second-order valence-electron chi connectivity index (χ2n) is 3.78. The Morgan fingerprint density at radius 3 is 2.41 bits per heavy atom. The van der Waals surface area contributed by atoms with Gasteiger partial charge in [-0.25, -0.2) is 8.42 Å². The zero-order valence-electron chi connectivity index (χ0n) is 10.3. The van der Waals surface area contributed by atoms with E-state index in [9.17, 15) is 13.2 Å². The molecule has 5 nitrogen and oxygen atoms in total. The molecule has 17 heavy (non-hydrogen) atoms. The first kappa shape index (κ1) is 14.4. The van der Waals surface area contributed by atoms with Gasteiger partial charge in [0.25, 0.3) is 10.0 Å². The number of unbranched alkanes of at least 4 members (excludes halogenated alkanes) is 1. The molecule has 1 rings (SSSR count). The Morgan fingerprint density at radius 1 is 1.35 bits per heavy atom. The van der Waals surface area contributed by atoms with Crippen molar-refractivity contribution in [2.24, 2.45) is 0 Å². The van der Waals surface area contributed by atoms with Crippen molar-refractivity contribution in [1.82, 2.24) is 9.29 Å². The fourth-order valence-corrected chi connectivity index (χ4v) is 4.46. The van der Waals surface area contributed by atoms with E-state index in [1.807, 2.05) is 6.92 Å². The molecule has 0 aliphatic rings. The van der Waals surface area contributed by atoms with Gasteiger partial charge in [0.15, 0.2) is 4.21 Å². The van der Waals surface area contributed by atoms with Crippen molar-refractivity contribution in [1.29, 1.82) is 0 Å². The van der Waals surface area contributed by atoms with Gasteiger partial charge < -0.3 is 4.98 Å². The molecule has 0 aromatic carbocycles. The Morgan fingerprint density at radius 2 is 2.00 bits per heavy atom. The SMILES string of the molecule is CCCCN(CC)S(=O)(=O)c1sc(=O)[nH]c1C. The van der Waals surface area contributed by atoms with Crippen molar-refractivity contribution in [3.05, 3.63) is 15.4 Å². The van der Waals surface area contributed by atoms with Crippen LogP contribution in [0.25, 0.3) is 0 Å². The fraction of sp³-hybridized carbons (Fsp3) is 0.700. The Balaban J connectivity index is 3.08. The van der Waals surface area contributed by atoms with Gasteiger partial charge in [0, 0.05) is 18.8 Å². The molecular weight excluding hydrogens is 260 g/mol. The molecule has 1 aromatic heterocycles. The van der Waals surface area contributed by atoms with Crippen LogP contribution >= 0.6 is 11.3 Å². The minimum Gasteiger partial charge on any atom is -0.315 e. The summed E-state index contributed by atoms with van der Waals surface area (Å²) in [5, 5.41) is 0. The monoisotopic (exact) mass is 278 g/mol. The average Bonchev–Trinajstić information content (AvgIpc) is 2.59. The van der Waals surface area contributed by atoms with E-state index in [2.05, 4.69) is 4.98 Å². The molecule has 0 amide bonds. The largest absolute Gasteiger partial charge is 0.315 e. The van der Waals surface area contributed by atoms with Crippen molar-refractivity contribution in [3.63, 3.8) is 0 Å². The number of sulfonamides is 1. The second kappa shape index (κ2) is 5.79. The zero-order valence-corrected chi connectivity index (χ0v) is 11.9. The quantitative estimate of drug-likeness (QED) is 0.858. The van der Waals surface area contributed by atoms with E-state index in [0.717, 1.165) is 24.2 Å². The summed E-state index contributed by atoms with van der Waals surface area (Å²) in [5.41, 5.74) is 0.426. The molecule has 0 fully saturated rings. The van der Waals surface area contributed by atoms with Crippen LogP contribution in [0.5, 0.6) is 0 Å². The van der Waals surface area contributed by atoms with Crippen molar-refractivity contribution >= 4 is 21.4 Å². The summed E-state index contributed by atoms with van der Waals surface area (Å²) in [7, 11) is -3.51. The second-order valence-corrected chi connectivity index (χ2v) is 6.89. The summed E-state index contributed by atoms with van der Waals surface area (Å²) < 4.78 is 26.1. The highest BCUT2D eigenvalue weighted by atomic mass is 32.2. The summed E-state index contributed by atoms with van der Waals surface area (Å²) in [6, 6.07) is 0. The standard InChI is InChI=1S/C10H18N2O3S2/c1-4-6-7-12(5-2)17(14,15)9-8(3)11-10(13)16-9/h4-7H2,1-3H3,(H,11,13). The smallest absolute Gasteiger partial charge is 0.305 e. The van der Waals surface area contributed by atoms with Crippen LogP contribution in [0.15, 0.2) is 9.00 Å². The molecule has 0 saturated heterocycles. The summed E-state index contributed by atoms with van der Waals surface area (Å²) >= 11 is 0.758. The topological polar surface area (TPSA) is 70.2 Å². The maximum atomic E-state index is 12.3. The number of H-pyrrole nitrogens is 1. The van der Waals surface area contributed by atoms with Gasteiger partial charge in [0.05, 0.1) is 0 Å². The number of hydrogen-bond acceptors (Lipinski definition) is 4. The third-order valence-electron chi connectivity index (χ3n) is 2.47. The molecular formula is C10H18N2O3S2. The van der Waals surface area contributed by atoms with E-state index in [-0.39, 0.29) is 9.08 Å². The van der Waals surface area contributed by atoms with Crippen LogP contribution < -0.4 is 4.87 Å². The Hall–Kier alpha value is -0.660. The molecule has 1 N–H and O–H groups in total. The normalized spacial score (nSPS) is 12.2. The van der Waals surface area contributed by atoms with E-state index < -0.39 is 10.0 Å². The van der Waals surface area contributed by atoms with Crippen LogP contribution in [0.4, 0.5) is 0 Å². The number of aromatic nitrogens is 1. The molecule has 0 aliphatic heterocycles. The van der Waals surface area contributed by atoms with E-state index in [1.165, 1.54) is 4.31 Å². The van der Waals surface area contributed by atoms with Crippen LogP contribution in [0.1, 0.15) is 32.4 Å². The van der Waals surface area contributed by atoms with Crippen LogP contribution in [0, 0.1) is 6.92 Å². The third kappa shape index (κ3) is 3.17. The molecule has 0 radical (unpaired) electrons. The lowest BCUT2D eigenvalue weighted by Gasteiger charge is -2.19. The van der Waals surface area contributed by atoms with E-state index in [4.69, 9.17) is 0 Å². The first-order chi connectivity index (χ1) is 7.93. The summed E-state index contributed by atoms with van der Waals surface area (Å²) in [5.74, 6) is 0. The number of hydrogen-bond donors (Lipinski definition) is 1. The van der Waals surface area contributed by atoms with E-state index >= 15 is 0 Å². The lowest BCUT2D eigenvalue weighted by Crippen LogP contribution is -2.31. The maximum absolute atomic E-state index is 12.3. The Kier molecular flexibility index (Phi) is 4.91. The molecule has 0 saturated carbocycles. The van der Waals surface area contributed by atoms with E-state index in [1.54, 1.807) is 13.8 Å². The fourth-order valence-electron chi connectivity index (χ4n) is 1.54. The van der Waals surface area contributed by atoms with Crippen LogP contribution in [-0.4, -0.2) is 30.8 Å². The zero-order chi connectivity index (χ0) is 13.1. The van der Waals surface area contributed by atoms with Crippen LogP contribution in [0.2, 0.25) is 0 Å². The molecule has 1 aromatic rings. The van der Waals surface area contributed by atoms with Gasteiger partial charge in [-0.3, -0.25) is 4.79 Å². The van der Waals surface area contributed by atoms with E-state index in [0.29, 0.717) is 18.8 Å². The number of aromatic amines is 1. The molecule has 0 spiro atoms. The minimum absolute atomic E-state index is 0.139. The first-order valence-electron chi connectivity index (χ1n) is 5.63. The first-order valence-corrected chi connectivity index (χ1v) is 7.89. The van der Waals surface area contributed by atoms with Crippen molar-refractivity contribution in [2.75, 3.05) is 13.1 Å². The van der Waals surface area contributed by atoms with Crippen molar-refractivity contribution < 1.29 is 8.42 Å². The molecule has 0 unspecified atom stereocenters. The Bertz CT molecular complexity index is 516. The highest BCUT2D eigenvalue weighted by Gasteiger charge is 2.26. The number of rotatable bonds is 6. The lowest BCUT2D eigenvalue weighted by atomic mass is 10.3. The maximum Gasteiger partial charge on any atom is 0.305 e.